The summed E-state index contributed by atoms with van der Waals surface area (Å²) in [5.41, 5.74) is 7.98. The van der Waals surface area contributed by atoms with Gasteiger partial charge in [0.2, 0.25) is 0 Å². The van der Waals surface area contributed by atoms with E-state index in [0.717, 1.165) is 29.8 Å². The van der Waals surface area contributed by atoms with Crippen molar-refractivity contribution < 1.29 is 5.21 Å². The normalized spacial score (nSPS) is 19.5. The van der Waals surface area contributed by atoms with Gasteiger partial charge in [0.05, 0.1) is 5.56 Å². The van der Waals surface area contributed by atoms with Crippen LogP contribution < -0.4 is 10.6 Å². The van der Waals surface area contributed by atoms with Crippen LogP contribution in [-0.4, -0.2) is 29.1 Å². The molecule has 0 aliphatic heterocycles. The van der Waals surface area contributed by atoms with Crippen molar-refractivity contribution in [2.75, 3.05) is 11.9 Å². The van der Waals surface area contributed by atoms with E-state index in [0.29, 0.717) is 11.5 Å². The highest BCUT2D eigenvalue weighted by atomic mass is 16.4. The molecule has 0 radical (unpaired) electrons. The van der Waals surface area contributed by atoms with Crippen LogP contribution in [0.3, 0.4) is 0 Å². The number of oxime groups is 1. The summed E-state index contributed by atoms with van der Waals surface area (Å²) < 4.78 is 0. The lowest BCUT2D eigenvalue weighted by Gasteiger charge is -2.39. The van der Waals surface area contributed by atoms with Gasteiger partial charge in [0, 0.05) is 19.3 Å². The zero-order chi connectivity index (χ0) is 15.6. The number of pyridine rings is 1. The fraction of sp³-hybridized carbons (Fsp3) is 0.625. The lowest BCUT2D eigenvalue weighted by molar-refractivity contribution is 0.222. The number of hydrogen-bond acceptors (Lipinski definition) is 4. The predicted molar refractivity (Wildman–Crippen MR) is 85.9 cm³/mol. The minimum atomic E-state index is 0.124. The van der Waals surface area contributed by atoms with Crippen molar-refractivity contribution in [3.8, 4) is 0 Å². The summed E-state index contributed by atoms with van der Waals surface area (Å²) in [6.45, 7) is 6.61. The van der Waals surface area contributed by atoms with Crippen LogP contribution in [0.15, 0.2) is 17.4 Å². The molecule has 0 amide bonds. The molecule has 5 nitrogen and oxygen atoms in total. The van der Waals surface area contributed by atoms with Gasteiger partial charge in [0.15, 0.2) is 5.84 Å². The molecule has 116 valence electrons. The average Bonchev–Trinajstić information content (AvgIpc) is 2.45. The third kappa shape index (κ3) is 3.28. The molecule has 0 atom stereocenters. The molecule has 5 heteroatoms. The van der Waals surface area contributed by atoms with Crippen LogP contribution in [0.1, 0.15) is 50.7 Å². The Bertz CT molecular complexity index is 529. The second-order valence-corrected chi connectivity index (χ2v) is 6.82. The van der Waals surface area contributed by atoms with Gasteiger partial charge in [-0.1, -0.05) is 19.0 Å². The number of amidine groups is 1. The van der Waals surface area contributed by atoms with Crippen LogP contribution in [0, 0.1) is 12.3 Å². The van der Waals surface area contributed by atoms with Crippen LogP contribution in [-0.2, 0) is 0 Å². The van der Waals surface area contributed by atoms with E-state index in [1.807, 2.05) is 13.0 Å². The Labute approximate surface area is 126 Å². The third-order valence-corrected chi connectivity index (χ3v) is 4.69. The molecular formula is C16H26N4O. The van der Waals surface area contributed by atoms with Crippen LogP contribution in [0.5, 0.6) is 0 Å². The van der Waals surface area contributed by atoms with Crippen molar-refractivity contribution in [3.63, 3.8) is 0 Å². The van der Waals surface area contributed by atoms with Crippen molar-refractivity contribution in [1.82, 2.24) is 4.98 Å². The number of aryl methyl sites for hydroxylation is 1. The van der Waals surface area contributed by atoms with Gasteiger partial charge in [-0.15, -0.1) is 0 Å². The summed E-state index contributed by atoms with van der Waals surface area (Å²) >= 11 is 0. The van der Waals surface area contributed by atoms with Gasteiger partial charge in [-0.25, -0.2) is 4.98 Å². The van der Waals surface area contributed by atoms with E-state index >= 15 is 0 Å². The quantitative estimate of drug-likeness (QED) is 0.388. The molecule has 0 spiro atoms. The molecule has 1 aliphatic carbocycles. The molecule has 1 aromatic heterocycles. The molecule has 1 aliphatic rings. The van der Waals surface area contributed by atoms with Gasteiger partial charge in [0.25, 0.3) is 0 Å². The van der Waals surface area contributed by atoms with E-state index < -0.39 is 0 Å². The molecule has 2 rings (SSSR count). The topological polar surface area (TPSA) is 74.7 Å². The van der Waals surface area contributed by atoms with Crippen LogP contribution >= 0.6 is 0 Å². The van der Waals surface area contributed by atoms with Crippen molar-refractivity contribution in [2.45, 2.75) is 52.5 Å². The Balaban J connectivity index is 2.28. The first-order chi connectivity index (χ1) is 9.85. The maximum atomic E-state index is 9.01. The molecule has 1 fully saturated rings. The summed E-state index contributed by atoms with van der Waals surface area (Å²) in [5.74, 6) is 0.925. The molecule has 1 heterocycles. The summed E-state index contributed by atoms with van der Waals surface area (Å²) in [6, 6.07) is 2.34. The van der Waals surface area contributed by atoms with Gasteiger partial charge >= 0.3 is 0 Å². The highest BCUT2D eigenvalue weighted by Gasteiger charge is 2.30. The molecule has 0 bridgehead atoms. The number of anilines is 1. The third-order valence-electron chi connectivity index (χ3n) is 4.69. The van der Waals surface area contributed by atoms with Gasteiger partial charge in [-0.3, -0.25) is 0 Å². The number of nitrogens with zero attached hydrogens (tertiary/aromatic N) is 3. The molecule has 0 saturated heterocycles. The average molecular weight is 290 g/mol. The molecule has 1 aromatic rings. The molecule has 21 heavy (non-hydrogen) atoms. The second-order valence-electron chi connectivity index (χ2n) is 6.82. The van der Waals surface area contributed by atoms with Gasteiger partial charge < -0.3 is 15.8 Å². The Morgan fingerprint density at radius 2 is 2.05 bits per heavy atom. The largest absolute Gasteiger partial charge is 0.409 e. The Morgan fingerprint density at radius 1 is 1.43 bits per heavy atom. The zero-order valence-electron chi connectivity index (χ0n) is 13.4. The fourth-order valence-electron chi connectivity index (χ4n) is 3.12. The molecule has 3 N–H and O–H groups in total. The minimum Gasteiger partial charge on any atom is -0.409 e. The lowest BCUT2D eigenvalue weighted by Crippen LogP contribution is -2.39. The first kappa shape index (κ1) is 15.6. The maximum absolute atomic E-state index is 9.01. The Hall–Kier alpha value is -1.78. The number of rotatable bonds is 3. The first-order valence-electron chi connectivity index (χ1n) is 7.52. The molecule has 1 saturated carbocycles. The van der Waals surface area contributed by atoms with Crippen LogP contribution in [0.4, 0.5) is 5.82 Å². The Morgan fingerprint density at radius 3 is 2.62 bits per heavy atom. The predicted octanol–water partition coefficient (Wildman–Crippen LogP) is 2.89. The number of nitrogens with two attached hydrogens (primary N) is 1. The van der Waals surface area contributed by atoms with Crippen LogP contribution in [0.2, 0.25) is 0 Å². The van der Waals surface area contributed by atoms with Crippen molar-refractivity contribution in [3.05, 3.63) is 23.4 Å². The van der Waals surface area contributed by atoms with E-state index in [1.54, 1.807) is 6.20 Å². The number of hydrogen-bond donors (Lipinski definition) is 2. The van der Waals surface area contributed by atoms with Gasteiger partial charge in [0.1, 0.15) is 5.82 Å². The SMILES string of the molecule is Cc1ccnc(N(C)C2CCC(C)(C)CC2)c1/C(N)=N/O. The fourth-order valence-corrected chi connectivity index (χ4v) is 3.12. The summed E-state index contributed by atoms with van der Waals surface area (Å²) in [7, 11) is 2.05. The van der Waals surface area contributed by atoms with E-state index in [2.05, 4.69) is 35.9 Å². The van der Waals surface area contributed by atoms with E-state index in [1.165, 1.54) is 12.8 Å². The molecular weight excluding hydrogens is 264 g/mol. The summed E-state index contributed by atoms with van der Waals surface area (Å²) in [4.78, 5) is 6.66. The highest BCUT2D eigenvalue weighted by molar-refractivity contribution is 6.02. The molecule has 0 aromatic carbocycles. The standard InChI is InChI=1S/C16H26N4O/c1-11-7-10-18-15(13(11)14(17)19-21)20(4)12-5-8-16(2,3)9-6-12/h7,10,12,21H,5-6,8-9H2,1-4H3,(H2,17,19). The van der Waals surface area contributed by atoms with E-state index in [4.69, 9.17) is 10.9 Å². The van der Waals surface area contributed by atoms with E-state index in [-0.39, 0.29) is 5.84 Å². The minimum absolute atomic E-state index is 0.124. The van der Waals surface area contributed by atoms with Crippen molar-refractivity contribution in [2.24, 2.45) is 16.3 Å². The number of aromatic nitrogens is 1. The first-order valence-corrected chi connectivity index (χ1v) is 7.52. The second kappa shape index (κ2) is 5.92. The van der Waals surface area contributed by atoms with Crippen LogP contribution in [0.25, 0.3) is 0 Å². The van der Waals surface area contributed by atoms with Gasteiger partial charge in [-0.2, -0.15) is 0 Å². The lowest BCUT2D eigenvalue weighted by atomic mass is 9.75. The Kier molecular flexibility index (Phi) is 4.40. The molecule has 0 unspecified atom stereocenters. The maximum Gasteiger partial charge on any atom is 0.174 e. The summed E-state index contributed by atoms with van der Waals surface area (Å²) in [5, 5.41) is 12.2. The van der Waals surface area contributed by atoms with E-state index in [9.17, 15) is 0 Å². The van der Waals surface area contributed by atoms with Gasteiger partial charge in [-0.05, 0) is 49.7 Å². The summed E-state index contributed by atoms with van der Waals surface area (Å²) in [6.07, 6.45) is 6.50. The van der Waals surface area contributed by atoms with Crippen molar-refractivity contribution >= 4 is 11.7 Å². The van der Waals surface area contributed by atoms with Crippen molar-refractivity contribution in [1.29, 1.82) is 0 Å². The smallest absolute Gasteiger partial charge is 0.174 e. The highest BCUT2D eigenvalue weighted by Crippen LogP contribution is 2.38. The monoisotopic (exact) mass is 290 g/mol. The zero-order valence-corrected chi connectivity index (χ0v) is 13.4.